The van der Waals surface area contributed by atoms with E-state index in [9.17, 15) is 53.4 Å². The van der Waals surface area contributed by atoms with Gasteiger partial charge in [0.1, 0.15) is 66.5 Å². The summed E-state index contributed by atoms with van der Waals surface area (Å²) in [6.45, 7) is 30.2. The van der Waals surface area contributed by atoms with Crippen LogP contribution in [0.3, 0.4) is 0 Å². The molecule has 1 aliphatic rings. The molecule has 0 radical (unpaired) electrons. The minimum atomic E-state index is -1.64. The Hall–Kier alpha value is -6.17. The van der Waals surface area contributed by atoms with E-state index in [-0.39, 0.29) is 49.9 Å². The number of hydrogen-bond donors (Lipinski definition) is 6. The van der Waals surface area contributed by atoms with Crippen LogP contribution in [-0.2, 0) is 52.7 Å². The maximum Gasteiger partial charge on any atom is 0.246 e. The van der Waals surface area contributed by atoms with Gasteiger partial charge in [-0.15, -0.1) is 0 Å². The van der Waals surface area contributed by atoms with Gasteiger partial charge in [0.05, 0.1) is 11.7 Å². The van der Waals surface area contributed by atoms with Gasteiger partial charge < -0.3 is 65.8 Å². The third kappa shape index (κ3) is 21.8. The lowest BCUT2D eigenvalue weighted by molar-refractivity contribution is -0.157. The van der Waals surface area contributed by atoms with Crippen LogP contribution in [-0.4, -0.2) is 237 Å². The Morgan fingerprint density at radius 3 is 1.34 bits per heavy atom. The molecule has 1 aliphatic heterocycles. The number of aliphatic hydroxyl groups is 2. The van der Waals surface area contributed by atoms with Crippen LogP contribution >= 0.6 is 0 Å². The van der Waals surface area contributed by atoms with Crippen LogP contribution in [0.2, 0.25) is 0 Å². The second-order valence-corrected chi connectivity index (χ2v) is 26.9. The highest BCUT2D eigenvalue weighted by molar-refractivity contribution is 6.00. The number of carbonyl (C=O) groups is 11. The Balaban J connectivity index is 4.40. The minimum absolute atomic E-state index is 0.0207. The molecule has 24 heteroatoms. The van der Waals surface area contributed by atoms with Gasteiger partial charge in [-0.1, -0.05) is 95.2 Å². The van der Waals surface area contributed by atoms with Gasteiger partial charge in [0.2, 0.25) is 65.0 Å². The number of nitrogens with one attached hydrogen (secondary N) is 4. The summed E-state index contributed by atoms with van der Waals surface area (Å²) in [6.07, 6.45) is 2.38. The summed E-state index contributed by atoms with van der Waals surface area (Å²) in [7, 11) is 9.71. The van der Waals surface area contributed by atoms with Crippen molar-refractivity contribution in [3.05, 3.63) is 12.2 Å². The van der Waals surface area contributed by atoms with Gasteiger partial charge in [-0.05, 0) is 109 Å². The maximum absolute atomic E-state index is 15.2. The highest BCUT2D eigenvalue weighted by Gasteiger charge is 2.46. The molecule has 0 aromatic heterocycles. The molecule has 0 bridgehead atoms. The maximum atomic E-state index is 15.2. The van der Waals surface area contributed by atoms with E-state index >= 15 is 9.59 Å². The van der Waals surface area contributed by atoms with E-state index in [2.05, 4.69) is 21.3 Å². The molecule has 0 spiro atoms. The lowest BCUT2D eigenvalue weighted by Crippen LogP contribution is -2.64. The predicted molar refractivity (Wildman–Crippen MR) is 334 cm³/mol. The van der Waals surface area contributed by atoms with Gasteiger partial charge in [-0.2, -0.15) is 0 Å². The van der Waals surface area contributed by atoms with E-state index in [4.69, 9.17) is 0 Å². The number of aliphatic hydroxyl groups excluding tert-OH is 1. The van der Waals surface area contributed by atoms with E-state index in [1.54, 1.807) is 60.6 Å². The average molecular weight is 1230 g/mol. The van der Waals surface area contributed by atoms with Crippen LogP contribution < -0.4 is 21.3 Å². The highest BCUT2D eigenvalue weighted by Crippen LogP contribution is 2.26. The Bertz CT molecular complexity index is 2410. The molecule has 1 unspecified atom stereocenters. The Morgan fingerprint density at radius 2 is 0.897 bits per heavy atom. The zero-order valence-electron chi connectivity index (χ0n) is 57.3. The van der Waals surface area contributed by atoms with Crippen molar-refractivity contribution >= 4 is 65.0 Å². The van der Waals surface area contributed by atoms with Crippen molar-refractivity contribution in [3.63, 3.8) is 0 Å². The van der Waals surface area contributed by atoms with Crippen molar-refractivity contribution in [1.82, 2.24) is 55.6 Å². The van der Waals surface area contributed by atoms with Gasteiger partial charge in [-0.3, -0.25) is 52.7 Å². The molecule has 1 heterocycles. The summed E-state index contributed by atoms with van der Waals surface area (Å²) in [6, 6.07) is -14.3. The largest absolute Gasteiger partial charge is 0.390 e. The number of nitrogens with zero attached hydrogens (tertiary/aromatic N) is 7. The second-order valence-electron chi connectivity index (χ2n) is 26.9. The van der Waals surface area contributed by atoms with Crippen molar-refractivity contribution in [1.29, 1.82) is 0 Å². The second kappa shape index (κ2) is 34.5. The fourth-order valence-electron chi connectivity index (χ4n) is 10.9. The monoisotopic (exact) mass is 1230 g/mol. The van der Waals surface area contributed by atoms with E-state index in [1.807, 2.05) is 41.5 Å². The molecule has 0 aromatic rings. The minimum Gasteiger partial charge on any atom is -0.390 e. The molecule has 1 saturated heterocycles. The first-order valence-corrected chi connectivity index (χ1v) is 31.0. The average Bonchev–Trinajstić information content (AvgIpc) is 3.00. The van der Waals surface area contributed by atoms with Crippen LogP contribution in [0.1, 0.15) is 163 Å². The first kappa shape index (κ1) is 78.8. The number of rotatable bonds is 15. The smallest absolute Gasteiger partial charge is 0.246 e. The quantitative estimate of drug-likeness (QED) is 0.129. The van der Waals surface area contributed by atoms with Crippen LogP contribution in [0.25, 0.3) is 0 Å². The summed E-state index contributed by atoms with van der Waals surface area (Å²) in [4.78, 5) is 169. The molecule has 1 fully saturated rings. The molecule has 13 atom stereocenters. The number of likely N-dealkylation sites (N-methyl/N-ethyl adjacent to an activating group) is 7. The van der Waals surface area contributed by atoms with Crippen molar-refractivity contribution in [2.75, 3.05) is 49.3 Å². The molecule has 498 valence electrons. The van der Waals surface area contributed by atoms with Gasteiger partial charge >= 0.3 is 0 Å². The summed E-state index contributed by atoms with van der Waals surface area (Å²) in [5.74, 6) is -10.3. The standard InChI is InChI=1S/C63H113N11O13/c1-26-28-29-39(13)51(75)50-55(79)66-43(27-2)58(82)68(19)42(16)57(81)72(23)47(33-63(17,18)87)54(78)67-48(37(9)10)61(85)69(20)44(30-34(3)4)53(77)64-40(14)52(76)65-41(15)56(80)70(21)45(31-35(5)6)59(83)71(22)46(32-36(7)8)60(84)73(24)49(38(11)12)62(86)74(50)25/h26,28,34-51,75,87H,27,29-33H2,1-25H3,(H,64,77)(H,65,76)(H,66,79)(H,67,78)/b28-26+/t39-,40+,41-,42-,43+,44+,45+,46+,47+,48?,49+,50+,51-/m1/s1. The van der Waals surface area contributed by atoms with E-state index < -0.39 is 161 Å². The molecular weight excluding hydrogens is 1120 g/mol. The highest BCUT2D eigenvalue weighted by atomic mass is 16.3. The molecule has 87 heavy (non-hydrogen) atoms. The molecule has 24 nitrogen and oxygen atoms in total. The van der Waals surface area contributed by atoms with Crippen LogP contribution in [0.15, 0.2) is 12.2 Å². The van der Waals surface area contributed by atoms with E-state index in [0.717, 1.165) is 14.7 Å². The van der Waals surface area contributed by atoms with Gasteiger partial charge in [0.25, 0.3) is 0 Å². The van der Waals surface area contributed by atoms with Crippen molar-refractivity contribution in [3.8, 4) is 0 Å². The van der Waals surface area contributed by atoms with Gasteiger partial charge in [0, 0.05) is 55.8 Å². The summed E-state index contributed by atoms with van der Waals surface area (Å²) >= 11 is 0. The number of amides is 11. The first-order chi connectivity index (χ1) is 39.9. The Labute approximate surface area is 520 Å². The molecule has 0 aliphatic carbocycles. The molecule has 0 aromatic carbocycles. The van der Waals surface area contributed by atoms with E-state index in [1.165, 1.54) is 104 Å². The lowest BCUT2D eigenvalue weighted by Gasteiger charge is -2.41. The normalized spacial score (nSPS) is 27.6. The van der Waals surface area contributed by atoms with Crippen LogP contribution in [0.4, 0.5) is 0 Å². The van der Waals surface area contributed by atoms with Crippen molar-refractivity contribution in [2.24, 2.45) is 35.5 Å². The van der Waals surface area contributed by atoms with E-state index in [0.29, 0.717) is 6.42 Å². The molecule has 1 rings (SSSR count). The third-order valence-corrected chi connectivity index (χ3v) is 16.6. The van der Waals surface area contributed by atoms with Gasteiger partial charge in [0.15, 0.2) is 0 Å². The summed E-state index contributed by atoms with van der Waals surface area (Å²) in [5, 5.41) is 34.1. The van der Waals surface area contributed by atoms with Crippen molar-refractivity contribution in [2.45, 2.75) is 241 Å². The van der Waals surface area contributed by atoms with Crippen molar-refractivity contribution < 1.29 is 63.0 Å². The van der Waals surface area contributed by atoms with Crippen LogP contribution in [0.5, 0.6) is 0 Å². The SMILES string of the molecule is C/C=C/C[C@@H](C)[C@@H](O)[C@H]1C(=O)N[C@@H](CC)C(=O)N(C)[C@H](C)C(=O)N(C)[C@@H](CC(C)(C)O)C(=O)NC(C(C)C)C(=O)N(C)[C@@H](CC(C)C)C(=O)N[C@@H](C)C(=O)N[C@H](C)C(=O)N(C)[C@@H](CC(C)C)C(=O)N(C)[C@@H](CC(C)C)C(=O)N(C)[C@@H](C(C)C)C(=O)N1C. The molecule has 0 saturated carbocycles. The molecule has 11 amide bonds. The summed E-state index contributed by atoms with van der Waals surface area (Å²) < 4.78 is 0. The zero-order chi connectivity index (χ0) is 67.8. The number of carbonyl (C=O) groups excluding carboxylic acids is 11. The fourth-order valence-corrected chi connectivity index (χ4v) is 10.9. The molecule has 6 N–H and O–H groups in total. The third-order valence-electron chi connectivity index (χ3n) is 16.6. The van der Waals surface area contributed by atoms with Crippen LogP contribution in [0, 0.1) is 35.5 Å². The molecular formula is C63H113N11O13. The first-order valence-electron chi connectivity index (χ1n) is 31.0. The summed E-state index contributed by atoms with van der Waals surface area (Å²) in [5.41, 5.74) is -1.56. The number of hydrogen-bond acceptors (Lipinski definition) is 13. The lowest BCUT2D eigenvalue weighted by atomic mass is 9.91. The fraction of sp³-hybridized carbons (Fsp3) is 0.794. The zero-order valence-corrected chi connectivity index (χ0v) is 57.3. The van der Waals surface area contributed by atoms with Gasteiger partial charge in [-0.25, -0.2) is 0 Å². The Morgan fingerprint density at radius 1 is 0.471 bits per heavy atom. The Kier molecular flexibility index (Phi) is 31.3. The number of allylic oxidation sites excluding steroid dienone is 2. The predicted octanol–water partition coefficient (Wildman–Crippen LogP) is 2.77. The topological polar surface area (TPSA) is 299 Å².